The Bertz CT molecular complexity index is 708. The quantitative estimate of drug-likeness (QED) is 0.715. The number of nitrogens with zero attached hydrogens (tertiary/aromatic N) is 1. The Morgan fingerprint density at radius 2 is 2.00 bits per heavy atom. The number of fused-ring (bicyclic) bond motifs is 1. The van der Waals surface area contributed by atoms with Crippen molar-refractivity contribution in [2.24, 2.45) is 5.92 Å². The van der Waals surface area contributed by atoms with Crippen molar-refractivity contribution in [1.29, 1.82) is 0 Å². The number of amides is 2. The summed E-state index contributed by atoms with van der Waals surface area (Å²) in [5.74, 6) is -0.569. The lowest BCUT2D eigenvalue weighted by molar-refractivity contribution is -0.136. The number of aromatic nitrogens is 1. The minimum Gasteiger partial charge on any atom is -0.395 e. The maximum Gasteiger partial charge on any atom is 0.245 e. The number of hydrogen-bond acceptors (Lipinski definition) is 3. The van der Waals surface area contributed by atoms with Gasteiger partial charge in [0.1, 0.15) is 6.04 Å². The Hall–Kier alpha value is -2.34. The summed E-state index contributed by atoms with van der Waals surface area (Å²) in [4.78, 5) is 29.4. The molecule has 1 aromatic carbocycles. The Kier molecular flexibility index (Phi) is 5.98. The molecular formula is C18H25N3O3. The average Bonchev–Trinajstić information content (AvgIpc) is 2.96. The van der Waals surface area contributed by atoms with Crippen molar-refractivity contribution in [3.63, 3.8) is 0 Å². The van der Waals surface area contributed by atoms with Crippen molar-refractivity contribution < 1.29 is 14.7 Å². The van der Waals surface area contributed by atoms with Gasteiger partial charge in [-0.1, -0.05) is 32.0 Å². The van der Waals surface area contributed by atoms with Crippen molar-refractivity contribution in [2.75, 3.05) is 20.2 Å². The average molecular weight is 331 g/mol. The molecule has 24 heavy (non-hydrogen) atoms. The lowest BCUT2D eigenvalue weighted by atomic mass is 10.0. The van der Waals surface area contributed by atoms with Crippen LogP contribution in [0.3, 0.4) is 0 Å². The summed E-state index contributed by atoms with van der Waals surface area (Å²) in [6.07, 6.45) is 2.27. The van der Waals surface area contributed by atoms with Gasteiger partial charge in [-0.25, -0.2) is 0 Å². The molecule has 0 aliphatic rings. The first-order valence-corrected chi connectivity index (χ1v) is 8.15. The molecule has 0 aliphatic carbocycles. The number of rotatable bonds is 7. The molecule has 1 unspecified atom stereocenters. The highest BCUT2D eigenvalue weighted by Gasteiger charge is 2.26. The third-order valence-electron chi connectivity index (χ3n) is 4.05. The molecule has 1 aromatic heterocycles. The largest absolute Gasteiger partial charge is 0.395 e. The van der Waals surface area contributed by atoms with Gasteiger partial charge in [0.05, 0.1) is 6.61 Å². The summed E-state index contributed by atoms with van der Waals surface area (Å²) < 4.78 is 0. The molecule has 0 saturated carbocycles. The van der Waals surface area contributed by atoms with E-state index in [0.717, 1.165) is 16.5 Å². The van der Waals surface area contributed by atoms with Crippen LogP contribution in [0.5, 0.6) is 0 Å². The van der Waals surface area contributed by atoms with Gasteiger partial charge in [-0.3, -0.25) is 9.59 Å². The fraction of sp³-hybridized carbons (Fsp3) is 0.444. The van der Waals surface area contributed by atoms with E-state index in [0.29, 0.717) is 6.42 Å². The van der Waals surface area contributed by atoms with E-state index in [9.17, 15) is 9.59 Å². The Labute approximate surface area is 141 Å². The second kappa shape index (κ2) is 7.97. The molecule has 1 heterocycles. The highest BCUT2D eigenvalue weighted by atomic mass is 16.3. The number of aromatic amines is 1. The van der Waals surface area contributed by atoms with Gasteiger partial charge in [0, 0.05) is 43.0 Å². The molecule has 0 radical (unpaired) electrons. The molecule has 3 N–H and O–H groups in total. The summed E-state index contributed by atoms with van der Waals surface area (Å²) in [6, 6.07) is 7.20. The van der Waals surface area contributed by atoms with Gasteiger partial charge in [-0.2, -0.15) is 0 Å². The van der Waals surface area contributed by atoms with Gasteiger partial charge in [-0.15, -0.1) is 0 Å². The van der Waals surface area contributed by atoms with Crippen LogP contribution in [0.1, 0.15) is 19.4 Å². The number of carbonyl (C=O) groups is 2. The first-order chi connectivity index (χ1) is 11.4. The maximum atomic E-state index is 12.6. The third kappa shape index (κ3) is 4.14. The van der Waals surface area contributed by atoms with E-state index in [1.54, 1.807) is 20.9 Å². The van der Waals surface area contributed by atoms with E-state index < -0.39 is 6.04 Å². The zero-order valence-electron chi connectivity index (χ0n) is 14.4. The van der Waals surface area contributed by atoms with Crippen LogP contribution < -0.4 is 5.32 Å². The second-order valence-electron chi connectivity index (χ2n) is 6.26. The fourth-order valence-electron chi connectivity index (χ4n) is 2.59. The number of aliphatic hydroxyl groups is 1. The third-order valence-corrected chi connectivity index (χ3v) is 4.05. The number of H-pyrrole nitrogens is 1. The Morgan fingerprint density at radius 1 is 1.29 bits per heavy atom. The molecule has 6 nitrogen and oxygen atoms in total. The molecule has 6 heteroatoms. The molecule has 2 aromatic rings. The molecule has 0 aliphatic heterocycles. The van der Waals surface area contributed by atoms with Gasteiger partial charge in [0.15, 0.2) is 0 Å². The van der Waals surface area contributed by atoms with Crippen LogP contribution in [0.25, 0.3) is 10.9 Å². The number of likely N-dealkylation sites (N-methyl/N-ethyl adjacent to an activating group) is 1. The van der Waals surface area contributed by atoms with Crippen molar-refractivity contribution in [1.82, 2.24) is 15.2 Å². The second-order valence-corrected chi connectivity index (χ2v) is 6.26. The normalized spacial score (nSPS) is 12.4. The van der Waals surface area contributed by atoms with E-state index in [4.69, 9.17) is 5.11 Å². The zero-order valence-corrected chi connectivity index (χ0v) is 14.4. The number of nitrogens with one attached hydrogen (secondary N) is 2. The highest BCUT2D eigenvalue weighted by molar-refractivity contribution is 5.90. The van der Waals surface area contributed by atoms with Crippen LogP contribution in [0.2, 0.25) is 0 Å². The fourth-order valence-corrected chi connectivity index (χ4v) is 2.59. The van der Waals surface area contributed by atoms with Crippen molar-refractivity contribution in [2.45, 2.75) is 26.3 Å². The van der Waals surface area contributed by atoms with Crippen LogP contribution in [-0.4, -0.2) is 53.0 Å². The van der Waals surface area contributed by atoms with E-state index in [-0.39, 0.29) is 30.9 Å². The summed E-state index contributed by atoms with van der Waals surface area (Å²) in [7, 11) is 1.63. The van der Waals surface area contributed by atoms with E-state index in [1.807, 2.05) is 30.5 Å². The number of benzene rings is 1. The molecule has 0 spiro atoms. The van der Waals surface area contributed by atoms with Crippen molar-refractivity contribution in [3.8, 4) is 0 Å². The Balaban J connectivity index is 2.24. The Morgan fingerprint density at radius 3 is 2.67 bits per heavy atom. The van der Waals surface area contributed by atoms with Crippen LogP contribution in [0.4, 0.5) is 0 Å². The van der Waals surface area contributed by atoms with Gasteiger partial charge >= 0.3 is 0 Å². The molecule has 130 valence electrons. The van der Waals surface area contributed by atoms with Crippen LogP contribution >= 0.6 is 0 Å². The van der Waals surface area contributed by atoms with E-state index in [1.165, 1.54) is 4.90 Å². The number of carbonyl (C=O) groups excluding carboxylic acids is 2. The van der Waals surface area contributed by atoms with E-state index in [2.05, 4.69) is 10.3 Å². The number of aliphatic hydroxyl groups excluding tert-OH is 1. The minimum atomic E-state index is -0.657. The number of hydrogen-bond donors (Lipinski definition) is 3. The molecular weight excluding hydrogens is 306 g/mol. The summed E-state index contributed by atoms with van der Waals surface area (Å²) in [6.45, 7) is 3.71. The number of para-hydroxylation sites is 1. The highest BCUT2D eigenvalue weighted by Crippen LogP contribution is 2.19. The van der Waals surface area contributed by atoms with Crippen molar-refractivity contribution >= 4 is 22.7 Å². The predicted molar refractivity (Wildman–Crippen MR) is 93.5 cm³/mol. The lowest BCUT2D eigenvalue weighted by Gasteiger charge is -2.24. The summed E-state index contributed by atoms with van der Waals surface area (Å²) in [5.41, 5.74) is 1.98. The predicted octanol–water partition coefficient (Wildman–Crippen LogP) is 1.30. The van der Waals surface area contributed by atoms with Crippen LogP contribution in [0.15, 0.2) is 30.5 Å². The van der Waals surface area contributed by atoms with Gasteiger partial charge in [-0.05, 0) is 11.6 Å². The maximum absolute atomic E-state index is 12.6. The van der Waals surface area contributed by atoms with Crippen LogP contribution in [-0.2, 0) is 16.0 Å². The van der Waals surface area contributed by atoms with Gasteiger partial charge in [0.2, 0.25) is 11.8 Å². The molecule has 2 rings (SSSR count). The molecule has 0 fully saturated rings. The first kappa shape index (κ1) is 18.0. The molecule has 2 amide bonds. The van der Waals surface area contributed by atoms with Crippen LogP contribution in [0, 0.1) is 5.92 Å². The van der Waals surface area contributed by atoms with E-state index >= 15 is 0 Å². The zero-order chi connectivity index (χ0) is 17.7. The summed E-state index contributed by atoms with van der Waals surface area (Å²) >= 11 is 0. The lowest BCUT2D eigenvalue weighted by Crippen LogP contribution is -2.50. The SMILES string of the molecule is CC(C)C(=O)NC(Cc1c[nH]c2ccccc12)C(=O)N(C)CCO. The topological polar surface area (TPSA) is 85.4 Å². The molecule has 0 saturated heterocycles. The molecule has 1 atom stereocenters. The van der Waals surface area contributed by atoms with Crippen molar-refractivity contribution in [3.05, 3.63) is 36.0 Å². The minimum absolute atomic E-state index is 0.111. The first-order valence-electron chi connectivity index (χ1n) is 8.15. The monoisotopic (exact) mass is 331 g/mol. The van der Waals surface area contributed by atoms with Gasteiger partial charge < -0.3 is 20.3 Å². The smallest absolute Gasteiger partial charge is 0.245 e. The summed E-state index contributed by atoms with van der Waals surface area (Å²) in [5, 5.41) is 12.9. The molecule has 0 bridgehead atoms. The standard InChI is InChI=1S/C18H25N3O3/c1-12(2)17(23)20-16(18(24)21(3)8-9-22)10-13-11-19-15-7-5-4-6-14(13)15/h4-7,11-12,16,19,22H,8-10H2,1-3H3,(H,20,23). The van der Waals surface area contributed by atoms with Gasteiger partial charge in [0.25, 0.3) is 0 Å².